The van der Waals surface area contributed by atoms with Crippen LogP contribution in [0.5, 0.6) is 0 Å². The van der Waals surface area contributed by atoms with Gasteiger partial charge in [-0.1, -0.05) is 29.8 Å². The van der Waals surface area contributed by atoms with Crippen molar-refractivity contribution in [1.29, 1.82) is 0 Å². The third-order valence-corrected chi connectivity index (χ3v) is 6.13. The van der Waals surface area contributed by atoms with Gasteiger partial charge >= 0.3 is 12.3 Å². The van der Waals surface area contributed by atoms with Gasteiger partial charge in [0.2, 0.25) is 0 Å². The number of methoxy groups -OCH3 is 1. The number of halogens is 3. The summed E-state index contributed by atoms with van der Waals surface area (Å²) in [6.45, 7) is 3.70. The minimum atomic E-state index is -4.43. The standard InChI is InChI=1S/C27H25F3N2O3/c1-15-10-16(2)24(17-4-7-20(8-5-17)27(28,29)30)23(11-15)25(33)31-21-9-6-18-12-22(14-19(18)13-21)32-26(34)35-3/h4-11,13,22H,12,14H2,1-3H3,(H,31,33)(H,32,34)/t22-/m0/s1. The fourth-order valence-electron chi connectivity index (χ4n) is 4.58. The molecule has 35 heavy (non-hydrogen) atoms. The number of carbonyl (C=O) groups is 2. The summed E-state index contributed by atoms with van der Waals surface area (Å²) < 4.78 is 43.7. The van der Waals surface area contributed by atoms with E-state index in [1.165, 1.54) is 19.2 Å². The number of alkyl carbamates (subject to hydrolysis) is 1. The Hall–Kier alpha value is -3.81. The molecule has 0 fully saturated rings. The fourth-order valence-corrected chi connectivity index (χ4v) is 4.58. The zero-order chi connectivity index (χ0) is 25.3. The third kappa shape index (κ3) is 5.31. The number of alkyl halides is 3. The first-order valence-corrected chi connectivity index (χ1v) is 11.1. The summed E-state index contributed by atoms with van der Waals surface area (Å²) in [6.07, 6.45) is -3.62. The van der Waals surface area contributed by atoms with Gasteiger partial charge in [-0.2, -0.15) is 13.2 Å². The van der Waals surface area contributed by atoms with Crippen molar-refractivity contribution in [2.75, 3.05) is 12.4 Å². The Kier molecular flexibility index (Phi) is 6.56. The molecule has 1 atom stereocenters. The van der Waals surface area contributed by atoms with Crippen molar-refractivity contribution >= 4 is 17.7 Å². The van der Waals surface area contributed by atoms with Crippen LogP contribution in [0.4, 0.5) is 23.7 Å². The lowest BCUT2D eigenvalue weighted by Crippen LogP contribution is -2.35. The highest BCUT2D eigenvalue weighted by atomic mass is 19.4. The molecule has 0 aliphatic heterocycles. The number of carbonyl (C=O) groups excluding carboxylic acids is 2. The highest BCUT2D eigenvalue weighted by Gasteiger charge is 2.30. The summed E-state index contributed by atoms with van der Waals surface area (Å²) in [4.78, 5) is 24.8. The molecular formula is C27H25F3N2O3. The Labute approximate surface area is 201 Å². The Balaban J connectivity index is 1.60. The lowest BCUT2D eigenvalue weighted by atomic mass is 9.92. The van der Waals surface area contributed by atoms with Gasteiger partial charge < -0.3 is 15.4 Å². The lowest BCUT2D eigenvalue weighted by Gasteiger charge is -2.16. The molecule has 0 radical (unpaired) electrons. The van der Waals surface area contributed by atoms with Gasteiger partial charge in [0.05, 0.1) is 12.7 Å². The quantitative estimate of drug-likeness (QED) is 0.475. The molecule has 0 unspecified atom stereocenters. The van der Waals surface area contributed by atoms with Crippen LogP contribution in [0.25, 0.3) is 11.1 Å². The van der Waals surface area contributed by atoms with E-state index in [2.05, 4.69) is 15.4 Å². The van der Waals surface area contributed by atoms with Gasteiger partial charge in [0.25, 0.3) is 5.91 Å². The summed E-state index contributed by atoms with van der Waals surface area (Å²) in [5.41, 5.74) is 5.13. The summed E-state index contributed by atoms with van der Waals surface area (Å²) in [5, 5.41) is 5.72. The Bertz CT molecular complexity index is 1280. The highest BCUT2D eigenvalue weighted by Crippen LogP contribution is 2.34. The smallest absolute Gasteiger partial charge is 0.416 e. The zero-order valence-corrected chi connectivity index (χ0v) is 19.5. The second-order valence-corrected chi connectivity index (χ2v) is 8.76. The first-order valence-electron chi connectivity index (χ1n) is 11.1. The molecule has 0 spiro atoms. The van der Waals surface area contributed by atoms with Crippen LogP contribution in [-0.4, -0.2) is 25.2 Å². The average Bonchev–Trinajstić information content (AvgIpc) is 3.19. The van der Waals surface area contributed by atoms with Gasteiger partial charge in [-0.05, 0) is 84.8 Å². The van der Waals surface area contributed by atoms with E-state index in [4.69, 9.17) is 0 Å². The normalized spacial score (nSPS) is 14.9. The zero-order valence-electron chi connectivity index (χ0n) is 19.5. The molecule has 0 saturated heterocycles. The summed E-state index contributed by atoms with van der Waals surface area (Å²) >= 11 is 0. The maximum Gasteiger partial charge on any atom is 0.416 e. The van der Waals surface area contributed by atoms with Crippen molar-refractivity contribution in [3.05, 3.63) is 88.0 Å². The van der Waals surface area contributed by atoms with Gasteiger partial charge in [0, 0.05) is 17.3 Å². The SMILES string of the molecule is COC(=O)N[C@H]1Cc2ccc(NC(=O)c3cc(C)cc(C)c3-c3ccc(C(F)(F)F)cc3)cc2C1. The van der Waals surface area contributed by atoms with Crippen molar-refractivity contribution in [3.8, 4) is 11.1 Å². The molecule has 2 N–H and O–H groups in total. The van der Waals surface area contributed by atoms with E-state index in [0.29, 0.717) is 35.2 Å². The van der Waals surface area contributed by atoms with Crippen LogP contribution in [0.3, 0.4) is 0 Å². The number of amides is 2. The van der Waals surface area contributed by atoms with Crippen molar-refractivity contribution in [2.24, 2.45) is 0 Å². The molecule has 182 valence electrons. The monoisotopic (exact) mass is 482 g/mol. The van der Waals surface area contributed by atoms with E-state index in [1.54, 1.807) is 12.1 Å². The van der Waals surface area contributed by atoms with Crippen LogP contribution in [-0.2, 0) is 23.8 Å². The van der Waals surface area contributed by atoms with E-state index in [0.717, 1.165) is 34.4 Å². The van der Waals surface area contributed by atoms with E-state index in [-0.39, 0.29) is 11.9 Å². The predicted molar refractivity (Wildman–Crippen MR) is 127 cm³/mol. The fraction of sp³-hybridized carbons (Fsp3) is 0.259. The lowest BCUT2D eigenvalue weighted by molar-refractivity contribution is -0.137. The molecule has 1 aliphatic rings. The topological polar surface area (TPSA) is 67.4 Å². The molecule has 4 rings (SSSR count). The van der Waals surface area contributed by atoms with Crippen LogP contribution < -0.4 is 10.6 Å². The molecule has 3 aromatic rings. The van der Waals surface area contributed by atoms with Gasteiger partial charge in [-0.3, -0.25) is 4.79 Å². The van der Waals surface area contributed by atoms with E-state index in [9.17, 15) is 22.8 Å². The number of hydrogen-bond donors (Lipinski definition) is 2. The number of benzene rings is 3. The van der Waals surface area contributed by atoms with Crippen LogP contribution in [0.1, 0.15) is 38.2 Å². The molecule has 0 bridgehead atoms. The molecule has 0 heterocycles. The summed E-state index contributed by atoms with van der Waals surface area (Å²) in [7, 11) is 1.32. The molecule has 2 amide bonds. The van der Waals surface area contributed by atoms with Crippen molar-refractivity contribution < 1.29 is 27.5 Å². The van der Waals surface area contributed by atoms with Crippen LogP contribution in [0.15, 0.2) is 54.6 Å². The number of nitrogens with one attached hydrogen (secondary N) is 2. The van der Waals surface area contributed by atoms with Crippen molar-refractivity contribution in [1.82, 2.24) is 5.32 Å². The third-order valence-electron chi connectivity index (χ3n) is 6.13. The number of ether oxygens (including phenoxy) is 1. The first-order chi connectivity index (χ1) is 16.5. The number of fused-ring (bicyclic) bond motifs is 1. The maximum atomic E-state index is 13.3. The number of hydrogen-bond acceptors (Lipinski definition) is 3. The Morgan fingerprint density at radius 1 is 0.943 bits per heavy atom. The Morgan fingerprint density at radius 2 is 1.63 bits per heavy atom. The largest absolute Gasteiger partial charge is 0.453 e. The van der Waals surface area contributed by atoms with Gasteiger partial charge in [0.1, 0.15) is 0 Å². The second kappa shape index (κ2) is 9.44. The number of anilines is 1. The van der Waals surface area contributed by atoms with Crippen LogP contribution in [0, 0.1) is 13.8 Å². The van der Waals surface area contributed by atoms with Gasteiger partial charge in [-0.25, -0.2) is 4.79 Å². The Morgan fingerprint density at radius 3 is 2.29 bits per heavy atom. The van der Waals surface area contributed by atoms with Gasteiger partial charge in [0.15, 0.2) is 0 Å². The average molecular weight is 483 g/mol. The highest BCUT2D eigenvalue weighted by molar-refractivity contribution is 6.09. The molecule has 1 aliphatic carbocycles. The van der Waals surface area contributed by atoms with E-state index >= 15 is 0 Å². The second-order valence-electron chi connectivity index (χ2n) is 8.76. The van der Waals surface area contributed by atoms with E-state index < -0.39 is 17.8 Å². The minimum absolute atomic E-state index is 0.0749. The van der Waals surface area contributed by atoms with Crippen molar-refractivity contribution in [2.45, 2.75) is 38.9 Å². The predicted octanol–water partition coefficient (Wildman–Crippen LogP) is 6.06. The van der Waals surface area contributed by atoms with Crippen LogP contribution in [0.2, 0.25) is 0 Å². The molecule has 8 heteroatoms. The van der Waals surface area contributed by atoms with E-state index in [1.807, 2.05) is 32.0 Å². The first kappa shape index (κ1) is 24.3. The summed E-state index contributed by atoms with van der Waals surface area (Å²) in [5.74, 6) is -0.353. The molecule has 0 saturated carbocycles. The molecular weight excluding hydrogens is 457 g/mol. The number of rotatable bonds is 4. The molecule has 3 aromatic carbocycles. The maximum absolute atomic E-state index is 13.3. The summed E-state index contributed by atoms with van der Waals surface area (Å²) in [6, 6.07) is 14.0. The van der Waals surface area contributed by atoms with Gasteiger partial charge in [-0.15, -0.1) is 0 Å². The minimum Gasteiger partial charge on any atom is -0.453 e. The van der Waals surface area contributed by atoms with Crippen molar-refractivity contribution in [3.63, 3.8) is 0 Å². The molecule has 0 aromatic heterocycles. The number of aryl methyl sites for hydroxylation is 2. The molecule has 5 nitrogen and oxygen atoms in total. The van der Waals surface area contributed by atoms with Crippen LogP contribution >= 0.6 is 0 Å².